The van der Waals surface area contributed by atoms with E-state index < -0.39 is 15.9 Å². The summed E-state index contributed by atoms with van der Waals surface area (Å²) in [6, 6.07) is 8.81. The van der Waals surface area contributed by atoms with Crippen LogP contribution in [0.4, 0.5) is 11.5 Å². The highest BCUT2D eigenvalue weighted by Crippen LogP contribution is 2.39. The lowest BCUT2D eigenvalue weighted by molar-refractivity contribution is -0.121. The summed E-state index contributed by atoms with van der Waals surface area (Å²) < 4.78 is 29.5. The van der Waals surface area contributed by atoms with Crippen molar-refractivity contribution >= 4 is 49.3 Å². The van der Waals surface area contributed by atoms with E-state index in [1.165, 1.54) is 4.31 Å². The fourth-order valence-corrected chi connectivity index (χ4v) is 6.90. The van der Waals surface area contributed by atoms with E-state index in [4.69, 9.17) is 0 Å². The number of hydrogen-bond acceptors (Lipinski definition) is 5. The Balaban J connectivity index is 1.60. The number of rotatable bonds is 5. The number of benzene rings is 1. The second kappa shape index (κ2) is 9.52. The van der Waals surface area contributed by atoms with Crippen molar-refractivity contribution < 1.29 is 18.0 Å². The molecule has 1 N–H and O–H groups in total. The molecule has 1 aromatic carbocycles. The molecular formula is C23H27BrN4O4S. The minimum Gasteiger partial charge on any atom is -0.310 e. The van der Waals surface area contributed by atoms with Crippen molar-refractivity contribution in [1.29, 1.82) is 0 Å². The van der Waals surface area contributed by atoms with Crippen molar-refractivity contribution in [2.45, 2.75) is 44.4 Å². The molecule has 0 aliphatic carbocycles. The van der Waals surface area contributed by atoms with Gasteiger partial charge in [0.25, 0.3) is 0 Å². The zero-order chi connectivity index (χ0) is 23.8. The molecule has 10 heteroatoms. The molecule has 1 unspecified atom stereocenters. The van der Waals surface area contributed by atoms with Gasteiger partial charge in [-0.1, -0.05) is 28.9 Å². The number of fused-ring (bicyclic) bond motifs is 1. The molecule has 176 valence electrons. The first kappa shape index (κ1) is 23.8. The standard InChI is InChI=1S/C23H27BrN4O4S/c1-3-21(29)28-11-9-16-12-18(24)13-19(22(16)28)33(31,32)27-10-5-7-17(14-27)23(30)26-20-8-4-6-15(2)25-20/h4,6,8,12-13,17H,3,5,7,9-11,14H2,1-2H3,(H,25,26,30). The van der Waals surface area contributed by atoms with E-state index in [2.05, 4.69) is 26.2 Å². The van der Waals surface area contributed by atoms with Crippen LogP contribution in [0.5, 0.6) is 0 Å². The Morgan fingerprint density at radius 2 is 2.03 bits per heavy atom. The molecule has 1 atom stereocenters. The maximum Gasteiger partial charge on any atom is 0.245 e. The predicted molar refractivity (Wildman–Crippen MR) is 130 cm³/mol. The number of nitrogens with zero attached hydrogens (tertiary/aromatic N) is 3. The van der Waals surface area contributed by atoms with Gasteiger partial charge in [-0.25, -0.2) is 13.4 Å². The van der Waals surface area contributed by atoms with Crippen LogP contribution >= 0.6 is 15.9 Å². The number of hydrogen-bond donors (Lipinski definition) is 1. The maximum atomic E-state index is 13.7. The van der Waals surface area contributed by atoms with Gasteiger partial charge in [0.15, 0.2) is 0 Å². The van der Waals surface area contributed by atoms with Crippen LogP contribution in [0.1, 0.15) is 37.4 Å². The lowest BCUT2D eigenvalue weighted by Gasteiger charge is -2.32. The molecule has 0 radical (unpaired) electrons. The van der Waals surface area contributed by atoms with Gasteiger partial charge in [0.1, 0.15) is 10.7 Å². The number of aromatic nitrogens is 1. The Morgan fingerprint density at radius 3 is 2.76 bits per heavy atom. The molecule has 2 aliphatic heterocycles. The highest BCUT2D eigenvalue weighted by Gasteiger charge is 2.38. The van der Waals surface area contributed by atoms with Gasteiger partial charge >= 0.3 is 0 Å². The first-order chi connectivity index (χ1) is 15.7. The SMILES string of the molecule is CCC(=O)N1CCc2cc(Br)cc(S(=O)(=O)N3CCCC(C(=O)Nc4cccc(C)n4)C3)c21. The summed E-state index contributed by atoms with van der Waals surface area (Å²) in [6.45, 7) is 4.49. The summed E-state index contributed by atoms with van der Waals surface area (Å²) in [5.74, 6) is -0.368. The summed E-state index contributed by atoms with van der Waals surface area (Å²) in [5.41, 5.74) is 2.09. The van der Waals surface area contributed by atoms with Crippen molar-refractivity contribution in [2.24, 2.45) is 5.92 Å². The van der Waals surface area contributed by atoms with Gasteiger partial charge in [-0.05, 0) is 56.0 Å². The lowest BCUT2D eigenvalue weighted by atomic mass is 9.99. The van der Waals surface area contributed by atoms with Gasteiger partial charge in [-0.2, -0.15) is 4.31 Å². The fourth-order valence-electron chi connectivity index (χ4n) is 4.46. The summed E-state index contributed by atoms with van der Waals surface area (Å²) in [5, 5.41) is 2.81. The number of pyridine rings is 1. The second-order valence-corrected chi connectivity index (χ2v) is 11.2. The second-order valence-electron chi connectivity index (χ2n) is 8.42. The molecule has 8 nitrogen and oxygen atoms in total. The summed E-state index contributed by atoms with van der Waals surface area (Å²) >= 11 is 3.43. The Hall–Kier alpha value is -2.30. The first-order valence-corrected chi connectivity index (χ1v) is 13.3. The van der Waals surface area contributed by atoms with E-state index >= 15 is 0 Å². The zero-order valence-electron chi connectivity index (χ0n) is 18.7. The molecule has 0 saturated carbocycles. The Kier molecular flexibility index (Phi) is 6.88. The molecule has 2 amide bonds. The van der Waals surface area contributed by atoms with Gasteiger partial charge in [-0.3, -0.25) is 9.59 Å². The molecule has 4 rings (SSSR count). The summed E-state index contributed by atoms with van der Waals surface area (Å²) in [4.78, 5) is 31.4. The van der Waals surface area contributed by atoms with E-state index in [1.807, 2.05) is 25.1 Å². The number of halogens is 1. The maximum absolute atomic E-state index is 13.7. The zero-order valence-corrected chi connectivity index (χ0v) is 21.1. The molecule has 1 aromatic heterocycles. The van der Waals surface area contributed by atoms with Crippen LogP contribution in [0.2, 0.25) is 0 Å². The molecule has 2 aliphatic rings. The monoisotopic (exact) mass is 534 g/mol. The van der Waals surface area contributed by atoms with Crippen molar-refractivity contribution in [3.05, 3.63) is 46.1 Å². The molecular weight excluding hydrogens is 508 g/mol. The van der Waals surface area contributed by atoms with Crippen LogP contribution in [0.15, 0.2) is 39.7 Å². The number of piperidine rings is 1. The van der Waals surface area contributed by atoms with Crippen LogP contribution in [0, 0.1) is 12.8 Å². The van der Waals surface area contributed by atoms with Crippen molar-refractivity contribution in [3.63, 3.8) is 0 Å². The van der Waals surface area contributed by atoms with E-state index in [1.54, 1.807) is 24.0 Å². The van der Waals surface area contributed by atoms with Gasteiger partial charge < -0.3 is 10.2 Å². The number of sulfonamides is 1. The molecule has 1 fully saturated rings. The molecule has 0 spiro atoms. The highest BCUT2D eigenvalue weighted by atomic mass is 79.9. The van der Waals surface area contributed by atoms with Crippen LogP contribution in [-0.2, 0) is 26.0 Å². The Morgan fingerprint density at radius 1 is 1.24 bits per heavy atom. The van der Waals surface area contributed by atoms with Crippen molar-refractivity contribution in [1.82, 2.24) is 9.29 Å². The molecule has 2 aromatic rings. The molecule has 33 heavy (non-hydrogen) atoms. The van der Waals surface area contributed by atoms with Crippen molar-refractivity contribution in [2.75, 3.05) is 29.9 Å². The normalized spacial score (nSPS) is 18.8. The quantitative estimate of drug-likeness (QED) is 0.632. The van der Waals surface area contributed by atoms with Gasteiger partial charge in [0, 0.05) is 36.2 Å². The molecule has 0 bridgehead atoms. The minimum atomic E-state index is -3.92. The third kappa shape index (κ3) is 4.83. The number of carbonyl (C=O) groups is 2. The minimum absolute atomic E-state index is 0.0863. The molecule has 1 saturated heterocycles. The number of nitrogens with one attached hydrogen (secondary N) is 1. The summed E-state index contributed by atoms with van der Waals surface area (Å²) in [7, 11) is -3.92. The smallest absolute Gasteiger partial charge is 0.245 e. The van der Waals surface area contributed by atoms with E-state index in [9.17, 15) is 18.0 Å². The average Bonchev–Trinajstić information content (AvgIpc) is 3.21. The lowest BCUT2D eigenvalue weighted by Crippen LogP contribution is -2.44. The molecule has 3 heterocycles. The van der Waals surface area contributed by atoms with Crippen molar-refractivity contribution in [3.8, 4) is 0 Å². The average molecular weight is 535 g/mol. The number of aryl methyl sites for hydroxylation is 1. The van der Waals surface area contributed by atoms with Crippen LogP contribution in [0.3, 0.4) is 0 Å². The third-order valence-electron chi connectivity index (χ3n) is 6.11. The number of anilines is 2. The van der Waals surface area contributed by atoms with Gasteiger partial charge in [-0.15, -0.1) is 0 Å². The Labute approximate surface area is 202 Å². The number of amides is 2. The summed E-state index contributed by atoms with van der Waals surface area (Å²) in [6.07, 6.45) is 2.08. The predicted octanol–water partition coefficient (Wildman–Crippen LogP) is 3.49. The van der Waals surface area contributed by atoms with Crippen LogP contribution in [-0.4, -0.2) is 49.2 Å². The largest absolute Gasteiger partial charge is 0.310 e. The Bertz CT molecular complexity index is 1200. The van der Waals surface area contributed by atoms with Crippen LogP contribution < -0.4 is 10.2 Å². The number of carbonyl (C=O) groups excluding carboxylic acids is 2. The van der Waals surface area contributed by atoms with Gasteiger partial charge in [0.05, 0.1) is 11.6 Å². The van der Waals surface area contributed by atoms with Crippen LogP contribution in [0.25, 0.3) is 0 Å². The third-order valence-corrected chi connectivity index (χ3v) is 8.45. The van der Waals surface area contributed by atoms with E-state index in [0.717, 1.165) is 11.3 Å². The first-order valence-electron chi connectivity index (χ1n) is 11.1. The fraction of sp³-hybridized carbons (Fsp3) is 0.435. The van der Waals surface area contributed by atoms with E-state index in [0.29, 0.717) is 54.8 Å². The van der Waals surface area contributed by atoms with Gasteiger partial charge in [0.2, 0.25) is 21.8 Å². The highest BCUT2D eigenvalue weighted by molar-refractivity contribution is 9.10. The topological polar surface area (TPSA) is 99.7 Å². The van der Waals surface area contributed by atoms with E-state index in [-0.39, 0.29) is 23.3 Å².